The summed E-state index contributed by atoms with van der Waals surface area (Å²) in [6, 6.07) is 10.6. The molecule has 0 aliphatic heterocycles. The fraction of sp³-hybridized carbons (Fsp3) is 0.562. The highest BCUT2D eigenvalue weighted by atomic mass is 16.5. The predicted molar refractivity (Wildman–Crippen MR) is 75.8 cm³/mol. The molecule has 1 N–H and O–H groups in total. The van der Waals surface area contributed by atoms with Gasteiger partial charge < -0.3 is 10.1 Å². The van der Waals surface area contributed by atoms with E-state index in [0.29, 0.717) is 6.04 Å². The lowest BCUT2D eigenvalue weighted by molar-refractivity contribution is 0.300. The van der Waals surface area contributed by atoms with E-state index in [4.69, 9.17) is 10.00 Å². The topological polar surface area (TPSA) is 45.0 Å². The third-order valence-electron chi connectivity index (χ3n) is 3.73. The molecule has 0 spiro atoms. The van der Waals surface area contributed by atoms with E-state index in [1.54, 1.807) is 0 Å². The minimum absolute atomic E-state index is 0.108. The second kappa shape index (κ2) is 7.16. The van der Waals surface area contributed by atoms with Crippen molar-refractivity contribution in [2.75, 3.05) is 6.61 Å². The smallest absolute Gasteiger partial charge is 0.174 e. The van der Waals surface area contributed by atoms with Gasteiger partial charge in [0.05, 0.1) is 0 Å². The first-order chi connectivity index (χ1) is 9.28. The summed E-state index contributed by atoms with van der Waals surface area (Å²) in [6.07, 6.45) is 5.28. The summed E-state index contributed by atoms with van der Waals surface area (Å²) in [4.78, 5) is 0. The molecule has 1 aromatic rings. The van der Waals surface area contributed by atoms with Crippen LogP contribution in [0.5, 0.6) is 5.75 Å². The van der Waals surface area contributed by atoms with Crippen LogP contribution >= 0.6 is 0 Å². The lowest BCUT2D eigenvalue weighted by Gasteiger charge is -2.27. The minimum atomic E-state index is 0.108. The molecule has 1 aromatic carbocycles. The van der Waals surface area contributed by atoms with Gasteiger partial charge in [-0.05, 0) is 36.5 Å². The standard InChI is InChI=1S/C16H22N2O/c1-13-4-2-6-15(10-13)18-12-14-5-3-7-16(11-14)19-9-8-17/h3,5,7,11,13,15,18H,2,4,6,9-10,12H2,1H3. The third-order valence-corrected chi connectivity index (χ3v) is 3.73. The van der Waals surface area contributed by atoms with Crippen molar-refractivity contribution in [3.63, 3.8) is 0 Å². The number of benzene rings is 1. The van der Waals surface area contributed by atoms with Gasteiger partial charge in [-0.25, -0.2) is 0 Å². The molecule has 1 saturated carbocycles. The van der Waals surface area contributed by atoms with E-state index < -0.39 is 0 Å². The summed E-state index contributed by atoms with van der Waals surface area (Å²) in [7, 11) is 0. The molecule has 2 rings (SSSR count). The number of nitrogens with zero attached hydrogens (tertiary/aromatic N) is 1. The van der Waals surface area contributed by atoms with Crippen LogP contribution in [-0.4, -0.2) is 12.6 Å². The van der Waals surface area contributed by atoms with Gasteiger partial charge in [-0.3, -0.25) is 0 Å². The number of hydrogen-bond acceptors (Lipinski definition) is 3. The molecule has 0 aromatic heterocycles. The van der Waals surface area contributed by atoms with Crippen molar-refractivity contribution in [1.82, 2.24) is 5.32 Å². The molecule has 1 fully saturated rings. The maximum absolute atomic E-state index is 8.51. The zero-order valence-corrected chi connectivity index (χ0v) is 11.6. The summed E-state index contributed by atoms with van der Waals surface area (Å²) in [6.45, 7) is 3.32. The average molecular weight is 258 g/mol. The van der Waals surface area contributed by atoms with Crippen molar-refractivity contribution in [2.45, 2.75) is 45.2 Å². The molecule has 3 heteroatoms. The number of ether oxygens (including phenoxy) is 1. The lowest BCUT2D eigenvalue weighted by Crippen LogP contribution is -2.33. The molecular weight excluding hydrogens is 236 g/mol. The van der Waals surface area contributed by atoms with E-state index in [2.05, 4.69) is 18.3 Å². The Labute approximate surface area is 115 Å². The largest absolute Gasteiger partial charge is 0.479 e. The van der Waals surface area contributed by atoms with Crippen molar-refractivity contribution in [2.24, 2.45) is 5.92 Å². The van der Waals surface area contributed by atoms with Gasteiger partial charge in [-0.2, -0.15) is 5.26 Å². The molecule has 0 saturated heterocycles. The molecule has 2 unspecified atom stereocenters. The first-order valence-corrected chi connectivity index (χ1v) is 7.10. The van der Waals surface area contributed by atoms with E-state index in [9.17, 15) is 0 Å². The van der Waals surface area contributed by atoms with Gasteiger partial charge in [-0.15, -0.1) is 0 Å². The van der Waals surface area contributed by atoms with Gasteiger partial charge >= 0.3 is 0 Å². The van der Waals surface area contributed by atoms with Crippen LogP contribution in [0, 0.1) is 17.2 Å². The van der Waals surface area contributed by atoms with Crippen molar-refractivity contribution in [3.8, 4) is 11.8 Å². The Bertz CT molecular complexity index is 439. The molecule has 0 amide bonds. The van der Waals surface area contributed by atoms with Crippen LogP contribution in [0.15, 0.2) is 24.3 Å². The average Bonchev–Trinajstić information content (AvgIpc) is 2.43. The fourth-order valence-electron chi connectivity index (χ4n) is 2.74. The highest BCUT2D eigenvalue weighted by molar-refractivity contribution is 5.28. The third kappa shape index (κ3) is 4.57. The normalized spacial score (nSPS) is 22.7. The summed E-state index contributed by atoms with van der Waals surface area (Å²) >= 11 is 0. The zero-order valence-electron chi connectivity index (χ0n) is 11.6. The summed E-state index contributed by atoms with van der Waals surface area (Å²) in [5.41, 5.74) is 1.22. The van der Waals surface area contributed by atoms with Gasteiger partial charge in [-0.1, -0.05) is 31.9 Å². The minimum Gasteiger partial charge on any atom is -0.479 e. The van der Waals surface area contributed by atoms with E-state index in [1.165, 1.54) is 31.2 Å². The fourth-order valence-corrected chi connectivity index (χ4v) is 2.74. The summed E-state index contributed by atoms with van der Waals surface area (Å²) < 4.78 is 5.32. The van der Waals surface area contributed by atoms with E-state index in [-0.39, 0.29) is 6.61 Å². The van der Waals surface area contributed by atoms with E-state index in [1.807, 2.05) is 24.3 Å². The van der Waals surface area contributed by atoms with Crippen LogP contribution in [0.3, 0.4) is 0 Å². The van der Waals surface area contributed by atoms with Crippen molar-refractivity contribution >= 4 is 0 Å². The molecule has 2 atom stereocenters. The SMILES string of the molecule is CC1CCCC(NCc2cccc(OCC#N)c2)C1. The van der Waals surface area contributed by atoms with Crippen LogP contribution in [0.1, 0.15) is 38.2 Å². The number of hydrogen-bond donors (Lipinski definition) is 1. The van der Waals surface area contributed by atoms with Crippen LogP contribution in [-0.2, 0) is 6.54 Å². The second-order valence-corrected chi connectivity index (χ2v) is 5.44. The van der Waals surface area contributed by atoms with E-state index in [0.717, 1.165) is 18.2 Å². The first-order valence-electron chi connectivity index (χ1n) is 7.10. The monoisotopic (exact) mass is 258 g/mol. The number of nitrogens with one attached hydrogen (secondary N) is 1. The molecule has 102 valence electrons. The first kappa shape index (κ1) is 13.9. The second-order valence-electron chi connectivity index (χ2n) is 5.44. The Kier molecular flexibility index (Phi) is 5.23. The van der Waals surface area contributed by atoms with E-state index >= 15 is 0 Å². The van der Waals surface area contributed by atoms with Crippen molar-refractivity contribution < 1.29 is 4.74 Å². The Morgan fingerprint density at radius 3 is 3.11 bits per heavy atom. The van der Waals surface area contributed by atoms with Gasteiger partial charge in [0.15, 0.2) is 6.61 Å². The number of rotatable bonds is 5. The maximum Gasteiger partial charge on any atom is 0.174 e. The summed E-state index contributed by atoms with van der Waals surface area (Å²) in [5.74, 6) is 1.62. The molecule has 0 heterocycles. The Balaban J connectivity index is 1.83. The molecule has 3 nitrogen and oxygen atoms in total. The van der Waals surface area contributed by atoms with Gasteiger partial charge in [0.1, 0.15) is 11.8 Å². The van der Waals surface area contributed by atoms with Crippen LogP contribution < -0.4 is 10.1 Å². The van der Waals surface area contributed by atoms with Gasteiger partial charge in [0, 0.05) is 12.6 Å². The molecule has 0 radical (unpaired) electrons. The van der Waals surface area contributed by atoms with Crippen LogP contribution in [0.4, 0.5) is 0 Å². The molecule has 1 aliphatic rings. The van der Waals surface area contributed by atoms with Crippen molar-refractivity contribution in [1.29, 1.82) is 5.26 Å². The zero-order chi connectivity index (χ0) is 13.5. The number of nitriles is 1. The molecule has 1 aliphatic carbocycles. The quantitative estimate of drug-likeness (QED) is 0.881. The molecule has 19 heavy (non-hydrogen) atoms. The van der Waals surface area contributed by atoms with Crippen molar-refractivity contribution in [3.05, 3.63) is 29.8 Å². The maximum atomic E-state index is 8.51. The highest BCUT2D eigenvalue weighted by Crippen LogP contribution is 2.24. The van der Waals surface area contributed by atoms with Crippen LogP contribution in [0.25, 0.3) is 0 Å². The highest BCUT2D eigenvalue weighted by Gasteiger charge is 2.17. The van der Waals surface area contributed by atoms with Gasteiger partial charge in [0.2, 0.25) is 0 Å². The molecular formula is C16H22N2O. The predicted octanol–water partition coefficient (Wildman–Crippen LogP) is 3.26. The van der Waals surface area contributed by atoms with Gasteiger partial charge in [0.25, 0.3) is 0 Å². The van der Waals surface area contributed by atoms with Crippen LogP contribution in [0.2, 0.25) is 0 Å². The molecule has 0 bridgehead atoms. The Hall–Kier alpha value is -1.53. The lowest BCUT2D eigenvalue weighted by atomic mass is 9.87. The Morgan fingerprint density at radius 1 is 1.42 bits per heavy atom. The summed E-state index contributed by atoms with van der Waals surface area (Å²) in [5, 5.41) is 12.1. The Morgan fingerprint density at radius 2 is 2.32 bits per heavy atom.